The van der Waals surface area contributed by atoms with E-state index >= 15 is 0 Å². The van der Waals surface area contributed by atoms with Crippen LogP contribution in [0, 0.1) is 0 Å². The summed E-state index contributed by atoms with van der Waals surface area (Å²) in [5.41, 5.74) is 5.70. The molecule has 0 saturated heterocycles. The summed E-state index contributed by atoms with van der Waals surface area (Å²) in [6.07, 6.45) is 4.66. The molecule has 0 spiro atoms. The van der Waals surface area contributed by atoms with Crippen LogP contribution in [0.15, 0.2) is 104 Å². The van der Waals surface area contributed by atoms with Crippen LogP contribution < -0.4 is 9.47 Å². The molecule has 178 valence electrons. The van der Waals surface area contributed by atoms with Gasteiger partial charge in [0.1, 0.15) is 24.7 Å². The second kappa shape index (κ2) is 10.5. The Morgan fingerprint density at radius 3 is 1.47 bits per heavy atom. The number of hydrogen-bond donors (Lipinski definition) is 0. The third-order valence-corrected chi connectivity index (χ3v) is 6.59. The van der Waals surface area contributed by atoms with Gasteiger partial charge in [0.15, 0.2) is 0 Å². The van der Waals surface area contributed by atoms with E-state index in [0.717, 1.165) is 61.7 Å². The van der Waals surface area contributed by atoms with Crippen molar-refractivity contribution in [2.45, 2.75) is 26.6 Å². The zero-order chi connectivity index (χ0) is 24.9. The first-order chi connectivity index (χ1) is 17.7. The van der Waals surface area contributed by atoms with Gasteiger partial charge in [-0.15, -0.1) is 0 Å². The number of hydrogen-bond acceptors (Lipinski definition) is 2. The fourth-order valence-electron chi connectivity index (χ4n) is 4.49. The number of ether oxygens (including phenoxy) is 2. The molecule has 0 radical (unpaired) electrons. The average Bonchev–Trinajstić information content (AvgIpc) is 2.95. The Balaban J connectivity index is 1.57. The topological polar surface area (TPSA) is 18.5 Å². The van der Waals surface area contributed by atoms with Crippen LogP contribution in [0.1, 0.15) is 34.7 Å². The lowest BCUT2D eigenvalue weighted by atomic mass is 9.98. The largest absolute Gasteiger partial charge is 0.488 e. The van der Waals surface area contributed by atoms with Crippen molar-refractivity contribution in [2.24, 2.45) is 0 Å². The van der Waals surface area contributed by atoms with Crippen molar-refractivity contribution in [3.05, 3.63) is 132 Å². The van der Waals surface area contributed by atoms with Gasteiger partial charge in [0.25, 0.3) is 0 Å². The molecule has 0 bridgehead atoms. The molecule has 5 rings (SSSR count). The first-order valence-electron chi connectivity index (χ1n) is 12.4. The summed E-state index contributed by atoms with van der Waals surface area (Å²) in [6.45, 7) is 10.8. The monoisotopic (exact) mass is 470 g/mol. The number of benzene rings is 5. The molecule has 5 aromatic rings. The van der Waals surface area contributed by atoms with Crippen LogP contribution in [0.5, 0.6) is 11.5 Å². The molecule has 0 aliphatic carbocycles. The summed E-state index contributed by atoms with van der Waals surface area (Å²) in [4.78, 5) is 0. The summed E-state index contributed by atoms with van der Waals surface area (Å²) >= 11 is 0. The lowest BCUT2D eigenvalue weighted by Crippen LogP contribution is -2.01. The van der Waals surface area contributed by atoms with Gasteiger partial charge >= 0.3 is 0 Å². The van der Waals surface area contributed by atoms with E-state index in [2.05, 4.69) is 111 Å². The highest BCUT2D eigenvalue weighted by molar-refractivity contribution is 6.11. The van der Waals surface area contributed by atoms with E-state index < -0.39 is 0 Å². The standard InChI is InChI=1S/C34H30O2/c1-4-24-11-15-27(16-12-24)22-35-33-29-9-7-8-10-30(29)34(32-21-26(6-3)19-20-31(32)33)36-23-28-17-13-25(5-2)14-18-28/h4-5,7-21H,1-2,6,22-23H2,3H3. The molecule has 2 heteroatoms. The molecular formula is C34H30O2. The molecular weight excluding hydrogens is 440 g/mol. The van der Waals surface area contributed by atoms with Gasteiger partial charge in [0.2, 0.25) is 0 Å². The van der Waals surface area contributed by atoms with Crippen molar-refractivity contribution in [2.75, 3.05) is 0 Å². The molecule has 0 heterocycles. The van der Waals surface area contributed by atoms with E-state index in [1.165, 1.54) is 5.56 Å². The van der Waals surface area contributed by atoms with Crippen LogP contribution in [0.3, 0.4) is 0 Å². The van der Waals surface area contributed by atoms with E-state index in [-0.39, 0.29) is 0 Å². The molecule has 0 N–H and O–H groups in total. The van der Waals surface area contributed by atoms with Gasteiger partial charge in [-0.1, -0.05) is 117 Å². The quantitative estimate of drug-likeness (QED) is 0.200. The average molecular weight is 471 g/mol. The molecule has 0 atom stereocenters. The van der Waals surface area contributed by atoms with Crippen molar-refractivity contribution < 1.29 is 9.47 Å². The predicted octanol–water partition coefficient (Wildman–Crippen LogP) is 9.00. The SMILES string of the molecule is C=Cc1ccc(COc2c3ccccc3c(OCc3ccc(C=C)cc3)c3cc(CC)ccc23)cc1. The summed E-state index contributed by atoms with van der Waals surface area (Å²) in [7, 11) is 0. The molecule has 0 amide bonds. The van der Waals surface area contributed by atoms with Crippen LogP contribution in [0.2, 0.25) is 0 Å². The molecule has 0 aliphatic heterocycles. The molecule has 0 aromatic heterocycles. The van der Waals surface area contributed by atoms with E-state index in [1.54, 1.807) is 0 Å². The van der Waals surface area contributed by atoms with Gasteiger partial charge in [-0.2, -0.15) is 0 Å². The van der Waals surface area contributed by atoms with E-state index in [0.29, 0.717) is 13.2 Å². The Morgan fingerprint density at radius 1 is 0.556 bits per heavy atom. The fourth-order valence-corrected chi connectivity index (χ4v) is 4.49. The molecule has 0 aliphatic rings. The fraction of sp³-hybridized carbons (Fsp3) is 0.118. The van der Waals surface area contributed by atoms with Crippen LogP contribution in [-0.4, -0.2) is 0 Å². The summed E-state index contributed by atoms with van der Waals surface area (Å²) < 4.78 is 13.1. The van der Waals surface area contributed by atoms with E-state index in [4.69, 9.17) is 9.47 Å². The van der Waals surface area contributed by atoms with E-state index in [9.17, 15) is 0 Å². The van der Waals surface area contributed by atoms with Gasteiger partial charge < -0.3 is 9.47 Å². The lowest BCUT2D eigenvalue weighted by Gasteiger charge is -2.19. The van der Waals surface area contributed by atoms with E-state index in [1.807, 2.05) is 12.2 Å². The maximum atomic E-state index is 6.54. The molecule has 0 saturated carbocycles. The number of rotatable bonds is 9. The minimum absolute atomic E-state index is 0.488. The normalized spacial score (nSPS) is 10.9. The summed E-state index contributed by atoms with van der Waals surface area (Å²) in [5.74, 6) is 1.78. The zero-order valence-electron chi connectivity index (χ0n) is 20.7. The minimum Gasteiger partial charge on any atom is -0.488 e. The summed E-state index contributed by atoms with van der Waals surface area (Å²) in [5, 5.41) is 4.24. The van der Waals surface area contributed by atoms with Gasteiger partial charge in [-0.25, -0.2) is 0 Å². The highest BCUT2D eigenvalue weighted by atomic mass is 16.5. The van der Waals surface area contributed by atoms with Crippen LogP contribution in [0.4, 0.5) is 0 Å². The predicted molar refractivity (Wildman–Crippen MR) is 153 cm³/mol. The Hall–Kier alpha value is -4.30. The van der Waals surface area contributed by atoms with Gasteiger partial charge in [-0.05, 0) is 40.3 Å². The number of aryl methyl sites for hydroxylation is 1. The molecule has 0 unspecified atom stereocenters. The molecule has 5 aromatic carbocycles. The molecule has 0 fully saturated rings. The third-order valence-electron chi connectivity index (χ3n) is 6.59. The lowest BCUT2D eigenvalue weighted by molar-refractivity contribution is 0.308. The Kier molecular flexibility index (Phi) is 6.86. The van der Waals surface area contributed by atoms with Crippen molar-refractivity contribution >= 4 is 33.7 Å². The maximum absolute atomic E-state index is 6.54. The Labute approximate surface area is 213 Å². The summed E-state index contributed by atoms with van der Waals surface area (Å²) in [6, 6.07) is 31.6. The second-order valence-corrected chi connectivity index (χ2v) is 8.91. The smallest absolute Gasteiger partial charge is 0.135 e. The number of fused-ring (bicyclic) bond motifs is 2. The van der Waals surface area contributed by atoms with Gasteiger partial charge in [0.05, 0.1) is 0 Å². The Bertz CT molecular complexity index is 1530. The van der Waals surface area contributed by atoms with Gasteiger partial charge in [0, 0.05) is 21.5 Å². The Morgan fingerprint density at radius 2 is 1.00 bits per heavy atom. The van der Waals surface area contributed by atoms with Crippen LogP contribution in [0.25, 0.3) is 33.7 Å². The minimum atomic E-state index is 0.488. The second-order valence-electron chi connectivity index (χ2n) is 8.91. The third kappa shape index (κ3) is 4.76. The maximum Gasteiger partial charge on any atom is 0.135 e. The molecule has 36 heavy (non-hydrogen) atoms. The molecule has 2 nitrogen and oxygen atoms in total. The zero-order valence-corrected chi connectivity index (χ0v) is 20.7. The first kappa shape index (κ1) is 23.4. The highest BCUT2D eigenvalue weighted by Crippen LogP contribution is 2.43. The highest BCUT2D eigenvalue weighted by Gasteiger charge is 2.17. The van der Waals surface area contributed by atoms with Crippen molar-refractivity contribution in [1.82, 2.24) is 0 Å². The van der Waals surface area contributed by atoms with Crippen LogP contribution in [-0.2, 0) is 19.6 Å². The van der Waals surface area contributed by atoms with Crippen molar-refractivity contribution in [3.63, 3.8) is 0 Å². The van der Waals surface area contributed by atoms with Crippen molar-refractivity contribution in [3.8, 4) is 11.5 Å². The van der Waals surface area contributed by atoms with Crippen LogP contribution >= 0.6 is 0 Å². The van der Waals surface area contributed by atoms with Crippen molar-refractivity contribution in [1.29, 1.82) is 0 Å². The first-order valence-corrected chi connectivity index (χ1v) is 12.4. The van der Waals surface area contributed by atoms with Gasteiger partial charge in [-0.3, -0.25) is 0 Å².